The van der Waals surface area contributed by atoms with Crippen LogP contribution in [0.4, 0.5) is 4.39 Å². The molecule has 1 aliphatic rings. The zero-order chi connectivity index (χ0) is 12.2. The summed E-state index contributed by atoms with van der Waals surface area (Å²) in [7, 11) is 0. The molecule has 2 aromatic rings. The minimum absolute atomic E-state index is 0.0456. The van der Waals surface area contributed by atoms with Gasteiger partial charge in [-0.25, -0.2) is 19.0 Å². The van der Waals surface area contributed by atoms with Crippen LogP contribution in [0.2, 0.25) is 5.02 Å². The van der Waals surface area contributed by atoms with E-state index in [2.05, 4.69) is 9.72 Å². The van der Waals surface area contributed by atoms with E-state index in [1.165, 1.54) is 12.1 Å². The molecule has 0 N–H and O–H groups in total. The molecule has 0 spiro atoms. The van der Waals surface area contributed by atoms with E-state index in [0.29, 0.717) is 10.9 Å². The van der Waals surface area contributed by atoms with Gasteiger partial charge in [-0.2, -0.15) is 0 Å². The first kappa shape index (κ1) is 10.2. The highest BCUT2D eigenvalue weighted by Crippen LogP contribution is 2.26. The lowest BCUT2D eigenvalue weighted by Gasteiger charge is -2.00. The third-order valence-corrected chi connectivity index (χ3v) is 2.75. The fraction of sp³-hybridized carbons (Fsp3) is 0. The quantitative estimate of drug-likeness (QED) is 0.533. The van der Waals surface area contributed by atoms with Crippen molar-refractivity contribution in [3.05, 3.63) is 40.3 Å². The zero-order valence-electron chi connectivity index (χ0n) is 8.16. The Hall–Kier alpha value is -2.01. The van der Waals surface area contributed by atoms with E-state index >= 15 is 0 Å². The molecule has 0 unspecified atom stereocenters. The minimum atomic E-state index is -0.799. The van der Waals surface area contributed by atoms with Gasteiger partial charge in [-0.1, -0.05) is 11.6 Å². The van der Waals surface area contributed by atoms with Gasteiger partial charge < -0.3 is 4.74 Å². The minimum Gasteiger partial charge on any atom is -0.384 e. The summed E-state index contributed by atoms with van der Waals surface area (Å²) in [6.45, 7) is 0. The monoisotopic (exact) mass is 251 g/mol. The number of cyclic esters (lactones) is 2. The molecule has 3 rings (SSSR count). The van der Waals surface area contributed by atoms with Crippen molar-refractivity contribution < 1.29 is 18.7 Å². The second kappa shape index (κ2) is 3.24. The summed E-state index contributed by atoms with van der Waals surface area (Å²) in [5, 5.41) is 0.292. The topological polar surface area (TPSA) is 56.3 Å². The Morgan fingerprint density at radius 2 is 1.94 bits per heavy atom. The van der Waals surface area contributed by atoms with Crippen molar-refractivity contribution in [1.29, 1.82) is 0 Å². The molecular formula is C11H3ClFNO3. The third-order valence-electron chi connectivity index (χ3n) is 2.46. The van der Waals surface area contributed by atoms with Crippen LogP contribution in [0.25, 0.3) is 10.9 Å². The highest BCUT2D eigenvalue weighted by Gasteiger charge is 2.31. The highest BCUT2D eigenvalue weighted by molar-refractivity contribution is 6.31. The molecule has 17 heavy (non-hydrogen) atoms. The van der Waals surface area contributed by atoms with Gasteiger partial charge in [0.05, 0.1) is 16.1 Å². The summed E-state index contributed by atoms with van der Waals surface area (Å²) in [5.74, 6) is -2.18. The number of pyridine rings is 1. The predicted octanol–water partition coefficient (Wildman–Crippen LogP) is 2.34. The molecule has 84 valence electrons. The number of carbonyl (C=O) groups is 2. The van der Waals surface area contributed by atoms with E-state index in [0.717, 1.165) is 6.07 Å². The molecule has 0 atom stereocenters. The molecule has 0 saturated heterocycles. The van der Waals surface area contributed by atoms with Gasteiger partial charge in [-0.15, -0.1) is 0 Å². The number of esters is 2. The maximum Gasteiger partial charge on any atom is 0.365 e. The van der Waals surface area contributed by atoms with Crippen molar-refractivity contribution in [2.75, 3.05) is 0 Å². The van der Waals surface area contributed by atoms with Crippen LogP contribution in [0.3, 0.4) is 0 Å². The molecule has 1 aromatic heterocycles. The van der Waals surface area contributed by atoms with Gasteiger partial charge >= 0.3 is 11.9 Å². The number of halogens is 2. The third kappa shape index (κ3) is 1.39. The average Bonchev–Trinajstić information content (AvgIpc) is 2.54. The first-order chi connectivity index (χ1) is 8.06. The van der Waals surface area contributed by atoms with Gasteiger partial charge in [0, 0.05) is 5.39 Å². The van der Waals surface area contributed by atoms with Crippen LogP contribution in [0.15, 0.2) is 18.2 Å². The number of rotatable bonds is 0. The van der Waals surface area contributed by atoms with Crippen LogP contribution in [0, 0.1) is 5.82 Å². The van der Waals surface area contributed by atoms with Crippen LogP contribution in [0.1, 0.15) is 20.8 Å². The van der Waals surface area contributed by atoms with Crippen molar-refractivity contribution in [1.82, 2.24) is 4.98 Å². The Bertz CT molecular complexity index is 640. The number of ether oxygens (including phenoxy) is 1. The van der Waals surface area contributed by atoms with E-state index in [1.54, 1.807) is 0 Å². The SMILES string of the molecule is O=C1OC(=O)c2nc3cc(Cl)c(F)cc3cc21. The molecular weight excluding hydrogens is 249 g/mol. The van der Waals surface area contributed by atoms with Gasteiger partial charge in [0.1, 0.15) is 5.82 Å². The lowest BCUT2D eigenvalue weighted by molar-refractivity contribution is 0.0441. The van der Waals surface area contributed by atoms with Crippen molar-refractivity contribution >= 4 is 34.4 Å². The smallest absolute Gasteiger partial charge is 0.365 e. The molecule has 4 nitrogen and oxygen atoms in total. The number of hydrogen-bond acceptors (Lipinski definition) is 4. The second-order valence-electron chi connectivity index (χ2n) is 3.52. The number of aromatic nitrogens is 1. The second-order valence-corrected chi connectivity index (χ2v) is 3.93. The van der Waals surface area contributed by atoms with Crippen molar-refractivity contribution in [2.45, 2.75) is 0 Å². The molecule has 6 heteroatoms. The van der Waals surface area contributed by atoms with Gasteiger partial charge in [-0.3, -0.25) is 0 Å². The van der Waals surface area contributed by atoms with Crippen LogP contribution >= 0.6 is 11.6 Å². The van der Waals surface area contributed by atoms with Gasteiger partial charge in [0.2, 0.25) is 0 Å². The predicted molar refractivity (Wildman–Crippen MR) is 56.5 cm³/mol. The lowest BCUT2D eigenvalue weighted by Crippen LogP contribution is -1.98. The maximum absolute atomic E-state index is 13.2. The molecule has 0 aliphatic carbocycles. The van der Waals surface area contributed by atoms with Crippen LogP contribution in [-0.4, -0.2) is 16.9 Å². The Morgan fingerprint density at radius 1 is 1.18 bits per heavy atom. The summed E-state index contributed by atoms with van der Waals surface area (Å²) in [5.41, 5.74) is 0.316. The molecule has 1 aliphatic heterocycles. The van der Waals surface area contributed by atoms with Gasteiger partial charge in [-0.05, 0) is 18.2 Å². The summed E-state index contributed by atoms with van der Waals surface area (Å²) in [6, 6.07) is 3.81. The standard InChI is InChI=1S/C11H3ClFNO3/c12-6-3-8-4(2-7(6)13)1-5-9(14-8)11(16)17-10(5)15/h1-3H. The van der Waals surface area contributed by atoms with E-state index in [-0.39, 0.29) is 16.3 Å². The van der Waals surface area contributed by atoms with E-state index in [9.17, 15) is 14.0 Å². The zero-order valence-corrected chi connectivity index (χ0v) is 8.92. The molecule has 2 heterocycles. The number of fused-ring (bicyclic) bond motifs is 2. The Labute approximate surface area is 99.0 Å². The molecule has 0 fully saturated rings. The number of nitrogens with zero attached hydrogens (tertiary/aromatic N) is 1. The molecule has 0 bridgehead atoms. The first-order valence-electron chi connectivity index (χ1n) is 4.62. The van der Waals surface area contributed by atoms with Crippen molar-refractivity contribution in [3.8, 4) is 0 Å². The van der Waals surface area contributed by atoms with Crippen LogP contribution in [0.5, 0.6) is 0 Å². The number of benzene rings is 1. The summed E-state index contributed by atoms with van der Waals surface area (Å²) in [4.78, 5) is 26.5. The normalized spacial score (nSPS) is 14.0. The molecule has 0 radical (unpaired) electrons. The first-order valence-corrected chi connectivity index (χ1v) is 5.00. The molecule has 0 amide bonds. The molecule has 0 saturated carbocycles. The van der Waals surface area contributed by atoms with Gasteiger partial charge in [0.15, 0.2) is 5.69 Å². The van der Waals surface area contributed by atoms with E-state index < -0.39 is 17.8 Å². The van der Waals surface area contributed by atoms with Gasteiger partial charge in [0.25, 0.3) is 0 Å². The average molecular weight is 252 g/mol. The summed E-state index contributed by atoms with van der Waals surface area (Å²) >= 11 is 5.61. The maximum atomic E-state index is 13.2. The Kier molecular flexibility index (Phi) is 1.94. The number of carbonyl (C=O) groups excluding carboxylic acids is 2. The fourth-order valence-corrected chi connectivity index (χ4v) is 1.83. The van der Waals surface area contributed by atoms with Crippen molar-refractivity contribution in [2.24, 2.45) is 0 Å². The van der Waals surface area contributed by atoms with Crippen LogP contribution in [-0.2, 0) is 4.74 Å². The highest BCUT2D eigenvalue weighted by atomic mass is 35.5. The molecule has 1 aromatic carbocycles. The van der Waals surface area contributed by atoms with Crippen molar-refractivity contribution in [3.63, 3.8) is 0 Å². The largest absolute Gasteiger partial charge is 0.384 e. The Balaban J connectivity index is 2.39. The van der Waals surface area contributed by atoms with Crippen LogP contribution < -0.4 is 0 Å². The summed E-state index contributed by atoms with van der Waals surface area (Å²) < 4.78 is 17.6. The van der Waals surface area contributed by atoms with E-state index in [4.69, 9.17) is 11.6 Å². The summed E-state index contributed by atoms with van der Waals surface area (Å²) in [6.07, 6.45) is 0. The number of hydrogen-bond donors (Lipinski definition) is 0. The van der Waals surface area contributed by atoms with E-state index in [1.807, 2.05) is 0 Å². The lowest BCUT2D eigenvalue weighted by atomic mass is 10.1. The Morgan fingerprint density at radius 3 is 2.71 bits per heavy atom. The fourth-order valence-electron chi connectivity index (χ4n) is 1.67.